The lowest BCUT2D eigenvalue weighted by molar-refractivity contribution is 0.207. The molecule has 3 atom stereocenters. The summed E-state index contributed by atoms with van der Waals surface area (Å²) in [4.78, 5) is 2.61. The van der Waals surface area contributed by atoms with Crippen LogP contribution in [0.4, 0.5) is 0 Å². The Balaban J connectivity index is 1.45. The van der Waals surface area contributed by atoms with Crippen LogP contribution in [-0.2, 0) is 0 Å². The molecule has 3 heteroatoms. The molecule has 3 nitrogen and oxygen atoms in total. The van der Waals surface area contributed by atoms with Gasteiger partial charge in [0.25, 0.3) is 0 Å². The predicted molar refractivity (Wildman–Crippen MR) is 55.0 cm³/mol. The van der Waals surface area contributed by atoms with Crippen molar-refractivity contribution in [3.05, 3.63) is 0 Å². The second-order valence-corrected chi connectivity index (χ2v) is 5.25. The Labute approximate surface area is 85.5 Å². The van der Waals surface area contributed by atoms with Crippen LogP contribution in [0.25, 0.3) is 0 Å². The normalized spacial score (nSPS) is 46.9. The molecule has 1 aliphatic carbocycles. The number of rotatable bonds is 3. The SMILES string of the molecule is OCC1C2CN(CC3CCNC3)CC12. The van der Waals surface area contributed by atoms with Crippen LogP contribution in [-0.4, -0.2) is 49.3 Å². The predicted octanol–water partition coefficient (Wildman–Crippen LogP) is -0.234. The number of fused-ring (bicyclic) bond motifs is 1. The molecule has 0 radical (unpaired) electrons. The van der Waals surface area contributed by atoms with Gasteiger partial charge in [0.1, 0.15) is 0 Å². The summed E-state index contributed by atoms with van der Waals surface area (Å²) in [5, 5.41) is 12.5. The van der Waals surface area contributed by atoms with Crippen LogP contribution in [0.1, 0.15) is 6.42 Å². The van der Waals surface area contributed by atoms with Gasteiger partial charge in [0.05, 0.1) is 0 Å². The number of nitrogens with one attached hydrogen (secondary N) is 1. The van der Waals surface area contributed by atoms with Crippen molar-refractivity contribution in [2.75, 3.05) is 39.3 Å². The fourth-order valence-electron chi connectivity index (χ4n) is 3.39. The number of piperidine rings is 1. The molecule has 3 aliphatic rings. The van der Waals surface area contributed by atoms with Crippen LogP contribution in [0.3, 0.4) is 0 Å². The quantitative estimate of drug-likeness (QED) is 0.654. The van der Waals surface area contributed by atoms with E-state index in [0.717, 1.165) is 17.8 Å². The lowest BCUT2D eigenvalue weighted by Crippen LogP contribution is -2.31. The lowest BCUT2D eigenvalue weighted by Gasteiger charge is -2.22. The van der Waals surface area contributed by atoms with Gasteiger partial charge < -0.3 is 15.3 Å². The first kappa shape index (κ1) is 9.13. The van der Waals surface area contributed by atoms with Gasteiger partial charge in [-0.3, -0.25) is 0 Å². The largest absolute Gasteiger partial charge is 0.396 e. The summed E-state index contributed by atoms with van der Waals surface area (Å²) < 4.78 is 0. The Morgan fingerprint density at radius 3 is 2.64 bits per heavy atom. The van der Waals surface area contributed by atoms with Crippen molar-refractivity contribution in [3.63, 3.8) is 0 Å². The maximum Gasteiger partial charge on any atom is 0.0465 e. The van der Waals surface area contributed by atoms with Gasteiger partial charge in [0.15, 0.2) is 0 Å². The van der Waals surface area contributed by atoms with Crippen molar-refractivity contribution in [3.8, 4) is 0 Å². The van der Waals surface area contributed by atoms with Gasteiger partial charge in [0.2, 0.25) is 0 Å². The monoisotopic (exact) mass is 196 g/mol. The van der Waals surface area contributed by atoms with Crippen molar-refractivity contribution in [1.82, 2.24) is 10.2 Å². The molecule has 14 heavy (non-hydrogen) atoms. The number of aliphatic hydroxyl groups excluding tert-OH is 1. The summed E-state index contributed by atoms with van der Waals surface area (Å²) in [5.74, 6) is 3.23. The molecule has 2 saturated heterocycles. The highest BCUT2D eigenvalue weighted by atomic mass is 16.3. The molecule has 3 rings (SSSR count). The van der Waals surface area contributed by atoms with Gasteiger partial charge in [-0.2, -0.15) is 0 Å². The Hall–Kier alpha value is -0.120. The van der Waals surface area contributed by atoms with Crippen LogP contribution in [0.5, 0.6) is 0 Å². The van der Waals surface area contributed by atoms with Gasteiger partial charge in [-0.25, -0.2) is 0 Å². The van der Waals surface area contributed by atoms with Crippen LogP contribution in [0, 0.1) is 23.7 Å². The number of likely N-dealkylation sites (tertiary alicyclic amines) is 1. The van der Waals surface area contributed by atoms with Crippen molar-refractivity contribution in [2.24, 2.45) is 23.7 Å². The number of hydrogen-bond acceptors (Lipinski definition) is 3. The van der Waals surface area contributed by atoms with E-state index in [-0.39, 0.29) is 0 Å². The van der Waals surface area contributed by atoms with Crippen molar-refractivity contribution in [1.29, 1.82) is 0 Å². The summed E-state index contributed by atoms with van der Waals surface area (Å²) in [6.45, 7) is 6.66. The summed E-state index contributed by atoms with van der Waals surface area (Å²) >= 11 is 0. The van der Waals surface area contributed by atoms with E-state index in [2.05, 4.69) is 10.2 Å². The van der Waals surface area contributed by atoms with E-state index in [1.165, 1.54) is 39.1 Å². The topological polar surface area (TPSA) is 35.5 Å². The molecule has 0 aromatic carbocycles. The number of nitrogens with zero attached hydrogens (tertiary/aromatic N) is 1. The van der Waals surface area contributed by atoms with E-state index in [1.54, 1.807) is 0 Å². The fourth-order valence-corrected chi connectivity index (χ4v) is 3.39. The summed E-state index contributed by atoms with van der Waals surface area (Å²) in [5.41, 5.74) is 0. The zero-order chi connectivity index (χ0) is 9.54. The van der Waals surface area contributed by atoms with Crippen molar-refractivity contribution in [2.45, 2.75) is 6.42 Å². The molecule has 2 aliphatic heterocycles. The van der Waals surface area contributed by atoms with Crippen LogP contribution in [0.2, 0.25) is 0 Å². The molecule has 1 saturated carbocycles. The molecule has 0 aromatic rings. The standard InChI is InChI=1S/C11H20N2O/c14-7-11-9-5-13(6-10(9)11)4-8-1-2-12-3-8/h8-12,14H,1-7H2. The lowest BCUT2D eigenvalue weighted by atomic mass is 10.1. The second-order valence-electron chi connectivity index (χ2n) is 5.25. The first-order chi connectivity index (χ1) is 6.88. The number of aliphatic hydroxyl groups is 1. The average Bonchev–Trinajstić information content (AvgIpc) is 2.63. The van der Waals surface area contributed by atoms with Gasteiger partial charge >= 0.3 is 0 Å². The minimum absolute atomic E-state index is 0.425. The summed E-state index contributed by atoms with van der Waals surface area (Å²) in [6.07, 6.45) is 1.36. The molecule has 0 aromatic heterocycles. The molecule has 0 amide bonds. The molecular formula is C11H20N2O. The molecule has 0 spiro atoms. The van der Waals surface area contributed by atoms with Gasteiger partial charge in [-0.05, 0) is 43.2 Å². The molecule has 80 valence electrons. The third-order valence-electron chi connectivity index (χ3n) is 4.34. The van der Waals surface area contributed by atoms with Crippen LogP contribution >= 0.6 is 0 Å². The van der Waals surface area contributed by atoms with E-state index >= 15 is 0 Å². The van der Waals surface area contributed by atoms with E-state index in [0.29, 0.717) is 12.5 Å². The Bertz CT molecular complexity index is 203. The molecule has 2 N–H and O–H groups in total. The highest BCUT2D eigenvalue weighted by molar-refractivity contribution is 5.04. The van der Waals surface area contributed by atoms with E-state index in [4.69, 9.17) is 5.11 Å². The Morgan fingerprint density at radius 1 is 1.29 bits per heavy atom. The maximum absolute atomic E-state index is 9.05. The highest BCUT2D eigenvalue weighted by Gasteiger charge is 2.54. The Kier molecular flexibility index (Phi) is 2.26. The Morgan fingerprint density at radius 2 is 2.07 bits per heavy atom. The minimum Gasteiger partial charge on any atom is -0.396 e. The van der Waals surface area contributed by atoms with Gasteiger partial charge in [-0.15, -0.1) is 0 Å². The molecule has 2 heterocycles. The van der Waals surface area contributed by atoms with E-state index in [1.807, 2.05) is 0 Å². The van der Waals surface area contributed by atoms with Gasteiger partial charge in [-0.1, -0.05) is 0 Å². The van der Waals surface area contributed by atoms with Gasteiger partial charge in [0, 0.05) is 26.2 Å². The smallest absolute Gasteiger partial charge is 0.0465 e. The zero-order valence-electron chi connectivity index (χ0n) is 8.65. The maximum atomic E-state index is 9.05. The average molecular weight is 196 g/mol. The molecule has 3 fully saturated rings. The summed E-state index contributed by atoms with van der Waals surface area (Å²) in [6, 6.07) is 0. The summed E-state index contributed by atoms with van der Waals surface area (Å²) in [7, 11) is 0. The first-order valence-corrected chi connectivity index (χ1v) is 5.92. The van der Waals surface area contributed by atoms with Crippen LogP contribution < -0.4 is 5.32 Å². The van der Waals surface area contributed by atoms with Crippen molar-refractivity contribution >= 4 is 0 Å². The fraction of sp³-hybridized carbons (Fsp3) is 1.00. The number of hydrogen-bond donors (Lipinski definition) is 2. The second kappa shape index (κ2) is 3.47. The highest BCUT2D eigenvalue weighted by Crippen LogP contribution is 2.51. The molecule has 3 unspecified atom stereocenters. The van der Waals surface area contributed by atoms with Crippen molar-refractivity contribution < 1.29 is 5.11 Å². The molecule has 0 bridgehead atoms. The van der Waals surface area contributed by atoms with Crippen LogP contribution in [0.15, 0.2) is 0 Å². The first-order valence-electron chi connectivity index (χ1n) is 5.92. The third-order valence-corrected chi connectivity index (χ3v) is 4.34. The third kappa shape index (κ3) is 1.47. The van der Waals surface area contributed by atoms with E-state index < -0.39 is 0 Å². The van der Waals surface area contributed by atoms with E-state index in [9.17, 15) is 0 Å². The molecular weight excluding hydrogens is 176 g/mol. The zero-order valence-corrected chi connectivity index (χ0v) is 8.65. The minimum atomic E-state index is 0.425.